The highest BCUT2D eigenvalue weighted by Crippen LogP contribution is 2.29. The van der Waals surface area contributed by atoms with Gasteiger partial charge in [-0.3, -0.25) is 4.79 Å². The van der Waals surface area contributed by atoms with Gasteiger partial charge in [0.05, 0.1) is 5.02 Å². The van der Waals surface area contributed by atoms with Crippen molar-refractivity contribution in [2.45, 2.75) is 18.5 Å². The lowest BCUT2D eigenvalue weighted by molar-refractivity contribution is -0.120. The molecule has 0 aliphatic carbocycles. The minimum atomic E-state index is -3.90. The molecule has 1 fully saturated rings. The number of hydrogen-bond acceptors (Lipinski definition) is 4. The second-order valence-electron chi connectivity index (χ2n) is 6.15. The summed E-state index contributed by atoms with van der Waals surface area (Å²) >= 11 is 5.71. The average Bonchev–Trinajstić information content (AvgIpc) is 2.61. The quantitative estimate of drug-likeness (QED) is 0.719. The normalized spacial score (nSPS) is 22.3. The third-order valence-electron chi connectivity index (χ3n) is 4.35. The van der Waals surface area contributed by atoms with Crippen LogP contribution in [0.4, 0.5) is 10.1 Å². The van der Waals surface area contributed by atoms with Crippen molar-refractivity contribution >= 4 is 33.4 Å². The van der Waals surface area contributed by atoms with E-state index < -0.39 is 34.0 Å². The van der Waals surface area contributed by atoms with Crippen molar-refractivity contribution in [2.24, 2.45) is 0 Å². The number of hydrogen-bond donors (Lipinski definition) is 3. The summed E-state index contributed by atoms with van der Waals surface area (Å²) in [6, 6.07) is 8.13. The van der Waals surface area contributed by atoms with Crippen LogP contribution >= 0.6 is 11.6 Å². The minimum absolute atomic E-state index is 0.0528. The summed E-state index contributed by atoms with van der Waals surface area (Å²) in [7, 11) is -2.59. The number of phenols is 1. The third-order valence-corrected chi connectivity index (χ3v) is 6.24. The Morgan fingerprint density at radius 3 is 2.59 bits per heavy atom. The first-order valence-electron chi connectivity index (χ1n) is 7.97. The van der Waals surface area contributed by atoms with Gasteiger partial charge in [-0.15, -0.1) is 0 Å². The second-order valence-corrected chi connectivity index (χ2v) is 8.32. The zero-order valence-electron chi connectivity index (χ0n) is 14.2. The largest absolute Gasteiger partial charge is 0.508 e. The van der Waals surface area contributed by atoms with E-state index in [1.54, 1.807) is 12.1 Å². The van der Waals surface area contributed by atoms with Crippen LogP contribution in [-0.2, 0) is 15.0 Å². The molecule has 1 aliphatic rings. The van der Waals surface area contributed by atoms with Gasteiger partial charge in [-0.05, 0) is 42.3 Å². The van der Waals surface area contributed by atoms with Gasteiger partial charge < -0.3 is 10.4 Å². The fraction of sp³-hybridized carbons (Fsp3) is 0.235. The number of aromatic hydroxyl groups is 1. The number of amides is 1. The zero-order chi connectivity index (χ0) is 19.8. The maximum Gasteiger partial charge on any atom is 0.280 e. The highest BCUT2D eigenvalue weighted by atomic mass is 35.5. The summed E-state index contributed by atoms with van der Waals surface area (Å²) in [6.45, 7) is 0. The van der Waals surface area contributed by atoms with Gasteiger partial charge in [0.1, 0.15) is 17.6 Å². The number of likely N-dealkylation sites (N-methyl/N-ethyl adjacent to an activating group) is 1. The number of anilines is 1. The SMILES string of the molecule is CN1C(C(=O)Nc2ccc(F)c(Cl)c2)CC(c2ccc(O)cc2)NS1(=O)=O. The predicted molar refractivity (Wildman–Crippen MR) is 99.1 cm³/mol. The Labute approximate surface area is 160 Å². The molecule has 27 heavy (non-hydrogen) atoms. The van der Waals surface area contributed by atoms with Crippen LogP contribution in [0.1, 0.15) is 18.0 Å². The molecule has 1 heterocycles. The minimum Gasteiger partial charge on any atom is -0.508 e. The number of benzene rings is 2. The molecule has 10 heteroatoms. The van der Waals surface area contributed by atoms with Crippen LogP contribution in [0.15, 0.2) is 42.5 Å². The first-order chi connectivity index (χ1) is 12.7. The molecule has 2 aromatic rings. The van der Waals surface area contributed by atoms with Crippen LogP contribution in [0, 0.1) is 5.82 Å². The van der Waals surface area contributed by atoms with Gasteiger partial charge in [-0.2, -0.15) is 17.4 Å². The molecule has 144 valence electrons. The molecule has 0 spiro atoms. The highest BCUT2D eigenvalue weighted by Gasteiger charge is 2.40. The molecular weight excluding hydrogens is 397 g/mol. The van der Waals surface area contributed by atoms with E-state index in [1.807, 2.05) is 0 Å². The first kappa shape index (κ1) is 19.6. The van der Waals surface area contributed by atoms with Crippen molar-refractivity contribution in [3.8, 4) is 5.75 Å². The maximum atomic E-state index is 13.3. The molecule has 2 atom stereocenters. The monoisotopic (exact) mass is 413 g/mol. The van der Waals surface area contributed by atoms with Crippen LogP contribution in [-0.4, -0.2) is 36.8 Å². The number of carbonyl (C=O) groups excluding carboxylic acids is 1. The summed E-state index contributed by atoms with van der Waals surface area (Å²) in [5, 5.41) is 11.8. The van der Waals surface area contributed by atoms with E-state index in [-0.39, 0.29) is 22.9 Å². The molecule has 3 rings (SSSR count). The number of carbonyl (C=O) groups is 1. The molecule has 0 bridgehead atoms. The van der Waals surface area contributed by atoms with Crippen molar-refractivity contribution in [2.75, 3.05) is 12.4 Å². The number of rotatable bonds is 3. The van der Waals surface area contributed by atoms with Gasteiger partial charge in [-0.25, -0.2) is 4.39 Å². The molecule has 3 N–H and O–H groups in total. The second kappa shape index (κ2) is 7.43. The van der Waals surface area contributed by atoms with Gasteiger partial charge in [0.25, 0.3) is 10.2 Å². The number of halogens is 2. The van der Waals surface area contributed by atoms with Crippen molar-refractivity contribution in [3.63, 3.8) is 0 Å². The lowest BCUT2D eigenvalue weighted by Crippen LogP contribution is -2.55. The van der Waals surface area contributed by atoms with E-state index in [2.05, 4.69) is 10.0 Å². The average molecular weight is 414 g/mol. The Morgan fingerprint density at radius 2 is 1.96 bits per heavy atom. The molecule has 0 aromatic heterocycles. The lowest BCUT2D eigenvalue weighted by atomic mass is 9.99. The summed E-state index contributed by atoms with van der Waals surface area (Å²) < 4.78 is 41.5. The van der Waals surface area contributed by atoms with Gasteiger partial charge >= 0.3 is 0 Å². The van der Waals surface area contributed by atoms with Crippen LogP contribution in [0.25, 0.3) is 0 Å². The predicted octanol–water partition coefficient (Wildman–Crippen LogP) is 2.40. The molecule has 1 saturated heterocycles. The van der Waals surface area contributed by atoms with Crippen molar-refractivity contribution < 1.29 is 22.7 Å². The maximum absolute atomic E-state index is 13.3. The van der Waals surface area contributed by atoms with Crippen LogP contribution in [0.3, 0.4) is 0 Å². The van der Waals surface area contributed by atoms with Crippen molar-refractivity contribution in [3.05, 3.63) is 58.9 Å². The van der Waals surface area contributed by atoms with Crippen LogP contribution < -0.4 is 10.0 Å². The Hall–Kier alpha value is -2.20. The van der Waals surface area contributed by atoms with E-state index in [4.69, 9.17) is 11.6 Å². The highest BCUT2D eigenvalue weighted by molar-refractivity contribution is 7.87. The Morgan fingerprint density at radius 1 is 1.30 bits per heavy atom. The Bertz CT molecular complexity index is 969. The van der Waals surface area contributed by atoms with Crippen molar-refractivity contribution in [1.29, 1.82) is 0 Å². The summed E-state index contributed by atoms with van der Waals surface area (Å²) in [5.41, 5.74) is 0.879. The van der Waals surface area contributed by atoms with E-state index in [0.717, 1.165) is 10.4 Å². The van der Waals surface area contributed by atoms with Crippen molar-refractivity contribution in [1.82, 2.24) is 9.03 Å². The zero-order valence-corrected chi connectivity index (χ0v) is 15.8. The van der Waals surface area contributed by atoms with Crippen LogP contribution in [0.2, 0.25) is 5.02 Å². The van der Waals surface area contributed by atoms with Gasteiger partial charge in [-0.1, -0.05) is 23.7 Å². The Balaban J connectivity index is 1.84. The standard InChI is InChI=1S/C17H17ClFN3O4S/c1-22-16(17(24)20-11-4-7-14(19)13(18)8-11)9-15(21-27(22,25)26)10-2-5-12(23)6-3-10/h2-8,15-16,21,23H,9H2,1H3,(H,20,24). The fourth-order valence-electron chi connectivity index (χ4n) is 2.83. The van der Waals surface area contributed by atoms with E-state index >= 15 is 0 Å². The molecule has 1 amide bonds. The summed E-state index contributed by atoms with van der Waals surface area (Å²) in [4.78, 5) is 12.7. The molecule has 2 aromatic carbocycles. The molecule has 0 radical (unpaired) electrons. The van der Waals surface area contributed by atoms with E-state index in [0.29, 0.717) is 5.56 Å². The van der Waals surface area contributed by atoms with Crippen LogP contribution in [0.5, 0.6) is 5.75 Å². The number of phenolic OH excluding ortho intramolecular Hbond substituents is 1. The number of nitrogens with one attached hydrogen (secondary N) is 2. The molecule has 0 saturated carbocycles. The number of nitrogens with zero attached hydrogens (tertiary/aromatic N) is 1. The summed E-state index contributed by atoms with van der Waals surface area (Å²) in [5.74, 6) is -1.13. The fourth-order valence-corrected chi connectivity index (χ4v) is 4.29. The smallest absolute Gasteiger partial charge is 0.280 e. The third kappa shape index (κ3) is 4.22. The Kier molecular flexibility index (Phi) is 5.38. The topological polar surface area (TPSA) is 98.7 Å². The van der Waals surface area contributed by atoms with Gasteiger partial charge in [0.2, 0.25) is 5.91 Å². The summed E-state index contributed by atoms with van der Waals surface area (Å²) in [6.07, 6.45) is 0.168. The lowest BCUT2D eigenvalue weighted by Gasteiger charge is -2.36. The molecule has 1 aliphatic heterocycles. The van der Waals surface area contributed by atoms with E-state index in [9.17, 15) is 22.7 Å². The molecule has 7 nitrogen and oxygen atoms in total. The van der Waals surface area contributed by atoms with Gasteiger partial charge in [0.15, 0.2) is 0 Å². The molecule has 2 unspecified atom stereocenters. The first-order valence-corrected chi connectivity index (χ1v) is 9.79. The van der Waals surface area contributed by atoms with Gasteiger partial charge in [0, 0.05) is 18.8 Å². The van der Waals surface area contributed by atoms with E-state index in [1.165, 1.54) is 31.3 Å². The molecular formula is C17H17ClFN3O4S.